The summed E-state index contributed by atoms with van der Waals surface area (Å²) in [6, 6.07) is 6.25. The molecule has 2 rings (SSSR count). The van der Waals surface area contributed by atoms with Gasteiger partial charge < -0.3 is 9.88 Å². The number of hydrogen-bond acceptors (Lipinski definition) is 2. The Morgan fingerprint density at radius 3 is 2.84 bits per heavy atom. The molecule has 1 N–H and O–H groups in total. The quantitative estimate of drug-likeness (QED) is 0.789. The molecule has 1 heterocycles. The van der Waals surface area contributed by atoms with Gasteiger partial charge in [0.05, 0.1) is 11.1 Å². The van der Waals surface area contributed by atoms with Gasteiger partial charge in [-0.3, -0.25) is 0 Å². The number of aryl methyl sites for hydroxylation is 1. The molecule has 0 bridgehead atoms. The minimum Gasteiger partial charge on any atom is -0.336 e. The fourth-order valence-corrected chi connectivity index (χ4v) is 2.52. The molecule has 0 aliphatic rings. The molecule has 0 aliphatic heterocycles. The highest BCUT2D eigenvalue weighted by atomic mass is 127. The van der Waals surface area contributed by atoms with Crippen LogP contribution in [0.2, 0.25) is 5.02 Å². The maximum Gasteiger partial charge on any atom is 0.130 e. The van der Waals surface area contributed by atoms with Crippen LogP contribution >= 0.6 is 34.2 Å². The third-order valence-electron chi connectivity index (χ3n) is 2.99. The molecule has 1 unspecified atom stereocenters. The third-order valence-corrected chi connectivity index (χ3v) is 4.56. The Morgan fingerprint density at radius 1 is 1.47 bits per heavy atom. The van der Waals surface area contributed by atoms with Gasteiger partial charge >= 0.3 is 0 Å². The SMILES string of the molecule is CCCNC(c1ccc(I)c(Cl)c1)c1nccn1C. The Morgan fingerprint density at radius 2 is 2.26 bits per heavy atom. The van der Waals surface area contributed by atoms with E-state index in [4.69, 9.17) is 11.6 Å². The van der Waals surface area contributed by atoms with Crippen LogP contribution in [0, 0.1) is 3.57 Å². The standard InChI is InChI=1S/C14H17ClIN3/c1-3-6-17-13(14-18-7-8-19(14)2)10-4-5-12(16)11(15)9-10/h4-5,7-9,13,17H,3,6H2,1-2H3. The van der Waals surface area contributed by atoms with Gasteiger partial charge in [-0.1, -0.05) is 24.6 Å². The summed E-state index contributed by atoms with van der Waals surface area (Å²) in [6.45, 7) is 3.10. The molecular formula is C14H17ClIN3. The summed E-state index contributed by atoms with van der Waals surface area (Å²) in [5, 5.41) is 4.32. The van der Waals surface area contributed by atoms with Crippen LogP contribution in [0.1, 0.15) is 30.8 Å². The highest BCUT2D eigenvalue weighted by Gasteiger charge is 2.18. The Balaban J connectivity index is 2.37. The van der Waals surface area contributed by atoms with Crippen molar-refractivity contribution in [3.05, 3.63) is 50.6 Å². The van der Waals surface area contributed by atoms with E-state index in [1.165, 1.54) is 0 Å². The molecule has 0 saturated carbocycles. The molecule has 0 amide bonds. The monoisotopic (exact) mass is 389 g/mol. The molecule has 1 aromatic carbocycles. The van der Waals surface area contributed by atoms with E-state index >= 15 is 0 Å². The fraction of sp³-hybridized carbons (Fsp3) is 0.357. The highest BCUT2D eigenvalue weighted by Crippen LogP contribution is 2.26. The Labute approximate surface area is 132 Å². The molecule has 2 aromatic rings. The topological polar surface area (TPSA) is 29.9 Å². The van der Waals surface area contributed by atoms with E-state index in [9.17, 15) is 0 Å². The molecule has 19 heavy (non-hydrogen) atoms. The number of rotatable bonds is 5. The molecule has 0 fully saturated rings. The van der Waals surface area contributed by atoms with Crippen molar-refractivity contribution < 1.29 is 0 Å². The molecule has 0 radical (unpaired) electrons. The van der Waals surface area contributed by atoms with Gasteiger partial charge in [-0.25, -0.2) is 4.98 Å². The lowest BCUT2D eigenvalue weighted by atomic mass is 10.1. The maximum absolute atomic E-state index is 6.23. The Hall–Kier alpha value is -0.590. The molecule has 0 aliphatic carbocycles. The molecular weight excluding hydrogens is 373 g/mol. The number of hydrogen-bond donors (Lipinski definition) is 1. The van der Waals surface area contributed by atoms with E-state index in [0.29, 0.717) is 0 Å². The predicted molar refractivity (Wildman–Crippen MR) is 87.5 cm³/mol. The number of benzene rings is 1. The first-order valence-corrected chi connectivity index (χ1v) is 7.74. The first kappa shape index (κ1) is 14.8. The molecule has 1 atom stereocenters. The van der Waals surface area contributed by atoms with Gasteiger partial charge in [0, 0.05) is 23.0 Å². The van der Waals surface area contributed by atoms with Crippen LogP contribution in [-0.4, -0.2) is 16.1 Å². The zero-order valence-electron chi connectivity index (χ0n) is 11.0. The van der Waals surface area contributed by atoms with Crippen molar-refractivity contribution in [1.82, 2.24) is 14.9 Å². The van der Waals surface area contributed by atoms with Crippen LogP contribution in [0.4, 0.5) is 0 Å². The summed E-state index contributed by atoms with van der Waals surface area (Å²) in [5.74, 6) is 1.01. The smallest absolute Gasteiger partial charge is 0.130 e. The summed E-state index contributed by atoms with van der Waals surface area (Å²) in [7, 11) is 2.01. The van der Waals surface area contributed by atoms with Crippen molar-refractivity contribution in [3.8, 4) is 0 Å². The first-order chi connectivity index (χ1) is 9.13. The Kier molecular flexibility index (Phi) is 5.24. The van der Waals surface area contributed by atoms with Crippen molar-refractivity contribution in [2.45, 2.75) is 19.4 Å². The zero-order valence-corrected chi connectivity index (χ0v) is 13.9. The molecule has 0 saturated heterocycles. The van der Waals surface area contributed by atoms with E-state index in [2.05, 4.69) is 45.9 Å². The molecule has 1 aromatic heterocycles. The number of imidazole rings is 1. The second-order valence-electron chi connectivity index (χ2n) is 4.46. The molecule has 102 valence electrons. The summed E-state index contributed by atoms with van der Waals surface area (Å²) >= 11 is 8.47. The minimum atomic E-state index is 0.0782. The van der Waals surface area contributed by atoms with Crippen LogP contribution < -0.4 is 5.32 Å². The number of nitrogens with one attached hydrogen (secondary N) is 1. The molecule has 0 spiro atoms. The lowest BCUT2D eigenvalue weighted by Crippen LogP contribution is -2.25. The highest BCUT2D eigenvalue weighted by molar-refractivity contribution is 14.1. The number of aromatic nitrogens is 2. The second kappa shape index (κ2) is 6.72. The van der Waals surface area contributed by atoms with Gasteiger partial charge in [0.15, 0.2) is 0 Å². The maximum atomic E-state index is 6.23. The van der Waals surface area contributed by atoms with E-state index < -0.39 is 0 Å². The van der Waals surface area contributed by atoms with E-state index in [1.807, 2.05) is 36.1 Å². The van der Waals surface area contributed by atoms with E-state index in [0.717, 1.165) is 32.9 Å². The van der Waals surface area contributed by atoms with Crippen molar-refractivity contribution in [2.24, 2.45) is 7.05 Å². The average molecular weight is 390 g/mol. The largest absolute Gasteiger partial charge is 0.336 e. The van der Waals surface area contributed by atoms with Crippen LogP contribution in [0.3, 0.4) is 0 Å². The first-order valence-electron chi connectivity index (χ1n) is 6.29. The molecule has 3 nitrogen and oxygen atoms in total. The van der Waals surface area contributed by atoms with Crippen LogP contribution in [0.15, 0.2) is 30.6 Å². The van der Waals surface area contributed by atoms with Crippen molar-refractivity contribution >= 4 is 34.2 Å². The Bertz CT molecular complexity index is 553. The van der Waals surface area contributed by atoms with Gasteiger partial charge in [-0.2, -0.15) is 0 Å². The average Bonchev–Trinajstić information content (AvgIpc) is 2.80. The van der Waals surface area contributed by atoms with Crippen molar-refractivity contribution in [2.75, 3.05) is 6.54 Å². The molecule has 5 heteroatoms. The van der Waals surface area contributed by atoms with Gasteiger partial charge in [0.2, 0.25) is 0 Å². The number of halogens is 2. The minimum absolute atomic E-state index is 0.0782. The summed E-state index contributed by atoms with van der Waals surface area (Å²) < 4.78 is 3.11. The van der Waals surface area contributed by atoms with Gasteiger partial charge in [0.1, 0.15) is 5.82 Å². The van der Waals surface area contributed by atoms with Gasteiger partial charge in [0.25, 0.3) is 0 Å². The lowest BCUT2D eigenvalue weighted by molar-refractivity contribution is 0.555. The normalized spacial score (nSPS) is 12.6. The van der Waals surface area contributed by atoms with Gasteiger partial charge in [-0.15, -0.1) is 0 Å². The van der Waals surface area contributed by atoms with E-state index in [1.54, 1.807) is 0 Å². The van der Waals surface area contributed by atoms with Crippen LogP contribution in [0.5, 0.6) is 0 Å². The van der Waals surface area contributed by atoms with Crippen molar-refractivity contribution in [3.63, 3.8) is 0 Å². The second-order valence-corrected chi connectivity index (χ2v) is 6.03. The van der Waals surface area contributed by atoms with Crippen molar-refractivity contribution in [1.29, 1.82) is 0 Å². The summed E-state index contributed by atoms with van der Waals surface area (Å²) in [4.78, 5) is 4.45. The predicted octanol–water partition coefficient (Wildman–Crippen LogP) is 3.77. The van der Waals surface area contributed by atoms with Crippen LogP contribution in [-0.2, 0) is 7.05 Å². The third kappa shape index (κ3) is 3.49. The number of nitrogens with zero attached hydrogens (tertiary/aromatic N) is 2. The van der Waals surface area contributed by atoms with Crippen LogP contribution in [0.25, 0.3) is 0 Å². The summed E-state index contributed by atoms with van der Waals surface area (Å²) in [6.07, 6.45) is 4.87. The lowest BCUT2D eigenvalue weighted by Gasteiger charge is -2.19. The van der Waals surface area contributed by atoms with Gasteiger partial charge in [-0.05, 0) is 53.3 Å². The van der Waals surface area contributed by atoms with E-state index in [-0.39, 0.29) is 6.04 Å². The fourth-order valence-electron chi connectivity index (χ4n) is 1.99. The zero-order chi connectivity index (χ0) is 13.8. The summed E-state index contributed by atoms with van der Waals surface area (Å²) in [5.41, 5.74) is 1.15.